The van der Waals surface area contributed by atoms with Crippen LogP contribution in [0.1, 0.15) is 38.0 Å². The first-order valence-corrected chi connectivity index (χ1v) is 7.80. The quantitative estimate of drug-likeness (QED) is 0.797. The number of nitrogens with zero attached hydrogens (tertiary/aromatic N) is 4. The van der Waals surface area contributed by atoms with Crippen molar-refractivity contribution in [3.05, 3.63) is 11.7 Å². The molecule has 3 atom stereocenters. The summed E-state index contributed by atoms with van der Waals surface area (Å²) in [5, 5.41) is 3.91. The van der Waals surface area contributed by atoms with Gasteiger partial charge >= 0.3 is 0 Å². The molecule has 1 aliphatic rings. The SMILES string of the molecule is CC[C@H](C)[C@H](CN1CCN(C)[C@H](c2nc(C)no2)C1)OC. The highest BCUT2D eigenvalue weighted by Gasteiger charge is 2.31. The molecule has 1 aromatic heterocycles. The Hall–Kier alpha value is -0.980. The van der Waals surface area contributed by atoms with Crippen molar-refractivity contribution in [2.24, 2.45) is 5.92 Å². The predicted molar refractivity (Wildman–Crippen MR) is 81.1 cm³/mol. The fourth-order valence-corrected chi connectivity index (χ4v) is 2.82. The van der Waals surface area contributed by atoms with E-state index in [1.165, 1.54) is 0 Å². The van der Waals surface area contributed by atoms with E-state index in [1.54, 1.807) is 0 Å². The standard InChI is InChI=1S/C15H28N4O2/c1-6-11(2)14(20-5)10-19-8-7-18(4)13(9-19)15-16-12(3)17-21-15/h11,13-14H,6-10H2,1-5H3/t11-,13-,14-/m0/s1. The minimum Gasteiger partial charge on any atom is -0.380 e. The summed E-state index contributed by atoms with van der Waals surface area (Å²) < 4.78 is 11.0. The van der Waals surface area contributed by atoms with Gasteiger partial charge in [0.1, 0.15) is 6.04 Å². The summed E-state index contributed by atoms with van der Waals surface area (Å²) in [5.41, 5.74) is 0. The summed E-state index contributed by atoms with van der Waals surface area (Å²) in [7, 11) is 3.93. The molecule has 2 rings (SSSR count). The molecule has 1 aliphatic heterocycles. The Morgan fingerprint density at radius 2 is 2.19 bits per heavy atom. The van der Waals surface area contributed by atoms with Gasteiger partial charge < -0.3 is 9.26 Å². The first-order chi connectivity index (χ1) is 10.0. The Balaban J connectivity index is 2.00. The van der Waals surface area contributed by atoms with Crippen LogP contribution in [0, 0.1) is 12.8 Å². The van der Waals surface area contributed by atoms with Gasteiger partial charge in [-0.15, -0.1) is 0 Å². The molecular formula is C15H28N4O2. The number of aryl methyl sites for hydroxylation is 1. The van der Waals surface area contributed by atoms with Crippen LogP contribution in [-0.4, -0.2) is 66.4 Å². The molecular weight excluding hydrogens is 268 g/mol. The predicted octanol–water partition coefficient (Wildman–Crippen LogP) is 1.73. The first kappa shape index (κ1) is 16.4. The van der Waals surface area contributed by atoms with E-state index in [4.69, 9.17) is 9.26 Å². The lowest BCUT2D eigenvalue weighted by Crippen LogP contribution is -2.49. The second kappa shape index (κ2) is 7.33. The number of rotatable bonds is 6. The van der Waals surface area contributed by atoms with Crippen molar-refractivity contribution in [3.63, 3.8) is 0 Å². The summed E-state index contributed by atoms with van der Waals surface area (Å²) in [6.07, 6.45) is 1.42. The zero-order valence-corrected chi connectivity index (χ0v) is 13.9. The second-order valence-electron chi connectivity index (χ2n) is 6.10. The van der Waals surface area contributed by atoms with Crippen LogP contribution < -0.4 is 0 Å². The van der Waals surface area contributed by atoms with Crippen molar-refractivity contribution < 1.29 is 9.26 Å². The van der Waals surface area contributed by atoms with Crippen molar-refractivity contribution in [2.45, 2.75) is 39.3 Å². The zero-order valence-electron chi connectivity index (χ0n) is 13.9. The zero-order chi connectivity index (χ0) is 15.4. The van der Waals surface area contributed by atoms with E-state index >= 15 is 0 Å². The number of methoxy groups -OCH3 is 1. The van der Waals surface area contributed by atoms with Gasteiger partial charge in [-0.25, -0.2) is 0 Å². The van der Waals surface area contributed by atoms with Crippen LogP contribution in [0.2, 0.25) is 0 Å². The van der Waals surface area contributed by atoms with E-state index < -0.39 is 0 Å². The topological polar surface area (TPSA) is 54.6 Å². The van der Waals surface area contributed by atoms with Crippen LogP contribution in [0.4, 0.5) is 0 Å². The van der Waals surface area contributed by atoms with Gasteiger partial charge in [0.2, 0.25) is 5.89 Å². The summed E-state index contributed by atoms with van der Waals surface area (Å²) in [4.78, 5) is 9.13. The van der Waals surface area contributed by atoms with Crippen LogP contribution in [0.3, 0.4) is 0 Å². The van der Waals surface area contributed by atoms with Crippen molar-refractivity contribution in [2.75, 3.05) is 40.3 Å². The third-order valence-corrected chi connectivity index (χ3v) is 4.58. The lowest BCUT2D eigenvalue weighted by molar-refractivity contribution is -0.00139. The fraction of sp³-hybridized carbons (Fsp3) is 0.867. The molecule has 0 spiro atoms. The normalized spacial score (nSPS) is 24.1. The van der Waals surface area contributed by atoms with Crippen molar-refractivity contribution in [3.8, 4) is 0 Å². The number of piperazine rings is 1. The van der Waals surface area contributed by atoms with E-state index in [9.17, 15) is 0 Å². The van der Waals surface area contributed by atoms with E-state index in [2.05, 4.69) is 40.8 Å². The van der Waals surface area contributed by atoms with Crippen LogP contribution in [-0.2, 0) is 4.74 Å². The van der Waals surface area contributed by atoms with E-state index in [0.29, 0.717) is 11.7 Å². The van der Waals surface area contributed by atoms with Gasteiger partial charge in [0.15, 0.2) is 5.82 Å². The molecule has 0 aliphatic carbocycles. The van der Waals surface area contributed by atoms with Gasteiger partial charge in [-0.3, -0.25) is 9.80 Å². The molecule has 21 heavy (non-hydrogen) atoms. The maximum Gasteiger partial charge on any atom is 0.245 e. The summed E-state index contributed by atoms with van der Waals surface area (Å²) in [6.45, 7) is 10.3. The van der Waals surface area contributed by atoms with Crippen LogP contribution >= 0.6 is 0 Å². The Bertz CT molecular complexity index is 437. The Labute approximate surface area is 127 Å². The Kier molecular flexibility index (Phi) is 5.72. The minimum absolute atomic E-state index is 0.175. The van der Waals surface area contributed by atoms with Crippen molar-refractivity contribution >= 4 is 0 Å². The minimum atomic E-state index is 0.175. The largest absolute Gasteiger partial charge is 0.380 e. The maximum atomic E-state index is 5.67. The second-order valence-corrected chi connectivity index (χ2v) is 6.10. The molecule has 0 N–H and O–H groups in total. The molecule has 0 saturated carbocycles. The van der Waals surface area contributed by atoms with Crippen LogP contribution in [0.15, 0.2) is 4.52 Å². The van der Waals surface area contributed by atoms with Crippen molar-refractivity contribution in [1.29, 1.82) is 0 Å². The van der Waals surface area contributed by atoms with Gasteiger partial charge in [-0.1, -0.05) is 25.4 Å². The third-order valence-electron chi connectivity index (χ3n) is 4.58. The number of likely N-dealkylation sites (N-methyl/N-ethyl adjacent to an activating group) is 1. The fourth-order valence-electron chi connectivity index (χ4n) is 2.82. The van der Waals surface area contributed by atoms with Crippen LogP contribution in [0.25, 0.3) is 0 Å². The van der Waals surface area contributed by atoms with Gasteiger partial charge in [-0.2, -0.15) is 4.98 Å². The van der Waals surface area contributed by atoms with E-state index in [-0.39, 0.29) is 12.1 Å². The average Bonchev–Trinajstić information content (AvgIpc) is 2.91. The molecule has 6 nitrogen and oxygen atoms in total. The molecule has 1 fully saturated rings. The van der Waals surface area contributed by atoms with E-state index in [0.717, 1.165) is 38.5 Å². The van der Waals surface area contributed by atoms with Gasteiger partial charge in [0, 0.05) is 33.3 Å². The van der Waals surface area contributed by atoms with Gasteiger partial charge in [-0.05, 0) is 19.9 Å². The Morgan fingerprint density at radius 3 is 2.76 bits per heavy atom. The van der Waals surface area contributed by atoms with Gasteiger partial charge in [0.05, 0.1) is 6.10 Å². The highest BCUT2D eigenvalue weighted by Crippen LogP contribution is 2.23. The van der Waals surface area contributed by atoms with Crippen molar-refractivity contribution in [1.82, 2.24) is 19.9 Å². The van der Waals surface area contributed by atoms with Crippen LogP contribution in [0.5, 0.6) is 0 Å². The highest BCUT2D eigenvalue weighted by molar-refractivity contribution is 4.96. The molecule has 0 aromatic carbocycles. The molecule has 1 aromatic rings. The molecule has 0 bridgehead atoms. The number of aromatic nitrogens is 2. The highest BCUT2D eigenvalue weighted by atomic mass is 16.5. The average molecular weight is 296 g/mol. The summed E-state index contributed by atoms with van der Waals surface area (Å²) >= 11 is 0. The molecule has 6 heteroatoms. The first-order valence-electron chi connectivity index (χ1n) is 7.80. The third kappa shape index (κ3) is 4.02. The maximum absolute atomic E-state index is 5.67. The number of ether oxygens (including phenoxy) is 1. The molecule has 1 saturated heterocycles. The lowest BCUT2D eigenvalue weighted by atomic mass is 10.0. The molecule has 0 amide bonds. The number of hydrogen-bond acceptors (Lipinski definition) is 6. The number of hydrogen-bond donors (Lipinski definition) is 0. The smallest absolute Gasteiger partial charge is 0.245 e. The summed E-state index contributed by atoms with van der Waals surface area (Å²) in [5.74, 6) is 1.99. The van der Waals surface area contributed by atoms with E-state index in [1.807, 2.05) is 14.0 Å². The summed E-state index contributed by atoms with van der Waals surface area (Å²) in [6, 6.07) is 0.175. The van der Waals surface area contributed by atoms with Gasteiger partial charge in [0.25, 0.3) is 0 Å². The monoisotopic (exact) mass is 296 g/mol. The molecule has 2 heterocycles. The molecule has 120 valence electrons. The molecule has 0 unspecified atom stereocenters. The Morgan fingerprint density at radius 1 is 1.43 bits per heavy atom. The molecule has 0 radical (unpaired) electrons. The lowest BCUT2D eigenvalue weighted by Gasteiger charge is -2.39.